The number of phenols is 1. The quantitative estimate of drug-likeness (QED) is 0.177. The van der Waals surface area contributed by atoms with Crippen molar-refractivity contribution in [3.05, 3.63) is 77.9 Å². The highest BCUT2D eigenvalue weighted by Crippen LogP contribution is 2.35. The van der Waals surface area contributed by atoms with Crippen LogP contribution in [0.15, 0.2) is 61.2 Å². The number of aromatic hydroxyl groups is 1. The van der Waals surface area contributed by atoms with E-state index < -0.39 is 0 Å². The van der Waals surface area contributed by atoms with Crippen LogP contribution >= 0.6 is 0 Å². The smallest absolute Gasteiger partial charge is 0.305 e. The van der Waals surface area contributed by atoms with E-state index in [4.69, 9.17) is 4.74 Å². The first-order chi connectivity index (χ1) is 21.3. The molecule has 2 fully saturated rings. The predicted octanol–water partition coefficient (Wildman–Crippen LogP) is 5.33. The van der Waals surface area contributed by atoms with Crippen molar-refractivity contribution in [2.75, 3.05) is 59.0 Å². The zero-order valence-electron chi connectivity index (χ0n) is 27.0. The second-order valence-corrected chi connectivity index (χ2v) is 12.4. The molecule has 2 aliphatic heterocycles. The van der Waals surface area contributed by atoms with Crippen LogP contribution < -0.4 is 0 Å². The Morgan fingerprint density at radius 3 is 2.36 bits per heavy atom. The summed E-state index contributed by atoms with van der Waals surface area (Å²) in [5.74, 6) is 0.234. The summed E-state index contributed by atoms with van der Waals surface area (Å²) in [7, 11) is 0. The maximum Gasteiger partial charge on any atom is 0.305 e. The maximum absolute atomic E-state index is 13.7. The van der Waals surface area contributed by atoms with Gasteiger partial charge in [-0.2, -0.15) is 0 Å². The average Bonchev–Trinajstić information content (AvgIpc) is 3.02. The van der Waals surface area contributed by atoms with Gasteiger partial charge in [0.1, 0.15) is 5.75 Å². The lowest BCUT2D eigenvalue weighted by Crippen LogP contribution is -2.57. The Morgan fingerprint density at radius 1 is 0.955 bits per heavy atom. The minimum atomic E-state index is -0.0973. The Morgan fingerprint density at radius 2 is 1.66 bits per heavy atom. The van der Waals surface area contributed by atoms with E-state index in [1.165, 1.54) is 0 Å². The monoisotopic (exact) mass is 604 g/mol. The zero-order valence-corrected chi connectivity index (χ0v) is 27.0. The normalized spacial score (nSPS) is 20.8. The molecule has 0 spiro atoms. The number of hydrogen-bond donors (Lipinski definition) is 1. The Labute approximate surface area is 264 Å². The molecule has 1 amide bonds. The van der Waals surface area contributed by atoms with Crippen LogP contribution in [0.3, 0.4) is 0 Å². The van der Waals surface area contributed by atoms with E-state index in [-0.39, 0.29) is 29.7 Å². The molecular weight excluding hydrogens is 552 g/mol. The molecule has 240 valence electrons. The lowest BCUT2D eigenvalue weighted by atomic mass is 9.92. The van der Waals surface area contributed by atoms with Gasteiger partial charge < -0.3 is 14.7 Å². The minimum absolute atomic E-state index is 0.0766. The molecule has 1 unspecified atom stereocenters. The van der Waals surface area contributed by atoms with E-state index >= 15 is 0 Å². The van der Waals surface area contributed by atoms with Crippen LogP contribution in [0.4, 0.5) is 0 Å². The molecule has 4 rings (SSSR count). The molecule has 3 atom stereocenters. The summed E-state index contributed by atoms with van der Waals surface area (Å²) in [6.45, 7) is 17.7. The number of amides is 1. The van der Waals surface area contributed by atoms with E-state index in [2.05, 4.69) is 53.3 Å². The first-order valence-electron chi connectivity index (χ1n) is 16.5. The molecular formula is C36H52N4O4. The number of rotatable bonds is 14. The number of unbranched alkanes of at least 4 members (excludes halogenated alkanes) is 3. The molecule has 2 saturated heterocycles. The summed E-state index contributed by atoms with van der Waals surface area (Å²) in [6.07, 6.45) is 6.61. The van der Waals surface area contributed by atoms with Gasteiger partial charge in [0.05, 0.1) is 12.6 Å². The summed E-state index contributed by atoms with van der Waals surface area (Å²) < 4.78 is 5.00. The van der Waals surface area contributed by atoms with Gasteiger partial charge >= 0.3 is 5.97 Å². The van der Waals surface area contributed by atoms with Gasteiger partial charge in [-0.15, -0.1) is 6.58 Å². The van der Waals surface area contributed by atoms with Gasteiger partial charge in [0, 0.05) is 69.9 Å². The summed E-state index contributed by atoms with van der Waals surface area (Å²) in [6, 6.07) is 16.2. The van der Waals surface area contributed by atoms with Gasteiger partial charge in [0.2, 0.25) is 0 Å². The van der Waals surface area contributed by atoms with E-state index in [1.807, 2.05) is 42.2 Å². The van der Waals surface area contributed by atoms with Crippen molar-refractivity contribution in [2.24, 2.45) is 0 Å². The van der Waals surface area contributed by atoms with Crippen molar-refractivity contribution in [2.45, 2.75) is 71.0 Å². The van der Waals surface area contributed by atoms with Crippen LogP contribution in [0.1, 0.15) is 80.4 Å². The zero-order chi connectivity index (χ0) is 31.5. The number of ether oxygens (including phenoxy) is 1. The number of carbonyl (C=O) groups excluding carboxylic acids is 2. The number of nitrogens with zero attached hydrogens (tertiary/aromatic N) is 4. The van der Waals surface area contributed by atoms with Crippen molar-refractivity contribution in [3.63, 3.8) is 0 Å². The van der Waals surface area contributed by atoms with Gasteiger partial charge in [-0.05, 0) is 75.5 Å². The summed E-state index contributed by atoms with van der Waals surface area (Å²) in [4.78, 5) is 34.6. The second-order valence-electron chi connectivity index (χ2n) is 12.4. The third kappa shape index (κ3) is 9.16. The fourth-order valence-electron chi connectivity index (χ4n) is 6.67. The van der Waals surface area contributed by atoms with E-state index in [0.29, 0.717) is 24.6 Å². The van der Waals surface area contributed by atoms with E-state index in [9.17, 15) is 14.7 Å². The van der Waals surface area contributed by atoms with Crippen LogP contribution in [0.2, 0.25) is 0 Å². The van der Waals surface area contributed by atoms with Crippen molar-refractivity contribution in [1.29, 1.82) is 0 Å². The fraction of sp³-hybridized carbons (Fsp3) is 0.556. The van der Waals surface area contributed by atoms with Crippen LogP contribution in [0.5, 0.6) is 5.75 Å². The van der Waals surface area contributed by atoms with Gasteiger partial charge in [0.25, 0.3) is 5.91 Å². The molecule has 2 heterocycles. The van der Waals surface area contributed by atoms with Gasteiger partial charge in [-0.25, -0.2) is 0 Å². The molecule has 44 heavy (non-hydrogen) atoms. The molecule has 0 saturated carbocycles. The molecule has 8 heteroatoms. The molecule has 0 aromatic heterocycles. The standard InChI is InChI=1S/C36H52N4O4/c1-5-18-39-26-29(4)40(27-28(39)3)35(31-14-12-16-33(41)25-31)30-13-11-15-32(24-30)36(43)38-22-20-37(21-23-38)19-10-8-7-9-17-34(42)44-6-2/h5,11-16,24-25,28-29,35,41H,1,6-10,17-23,26-27H2,2-4H3/t28-,29-,35?/m1/s1. The molecule has 0 bridgehead atoms. The van der Waals surface area contributed by atoms with Crippen LogP contribution in [0.25, 0.3) is 0 Å². The molecule has 2 aromatic carbocycles. The summed E-state index contributed by atoms with van der Waals surface area (Å²) in [5.41, 5.74) is 2.81. The lowest BCUT2D eigenvalue weighted by molar-refractivity contribution is -0.143. The highest BCUT2D eigenvalue weighted by molar-refractivity contribution is 5.94. The lowest BCUT2D eigenvalue weighted by Gasteiger charge is -2.47. The number of hydrogen-bond acceptors (Lipinski definition) is 7. The molecule has 2 aliphatic rings. The Bertz CT molecular complexity index is 1230. The number of phenolic OH excluding ortho intramolecular Hbond substituents is 1. The highest BCUT2D eigenvalue weighted by Gasteiger charge is 2.35. The number of benzene rings is 2. The molecule has 0 aliphatic carbocycles. The Hall–Kier alpha value is -3.20. The summed E-state index contributed by atoms with van der Waals surface area (Å²) >= 11 is 0. The van der Waals surface area contributed by atoms with Crippen LogP contribution in [-0.4, -0.2) is 108 Å². The summed E-state index contributed by atoms with van der Waals surface area (Å²) in [5, 5.41) is 10.4. The second kappa shape index (κ2) is 16.8. The van der Waals surface area contributed by atoms with E-state index in [0.717, 1.165) is 89.2 Å². The van der Waals surface area contributed by atoms with Gasteiger partial charge in [0.15, 0.2) is 0 Å². The Kier molecular flexibility index (Phi) is 12.8. The third-order valence-electron chi connectivity index (χ3n) is 9.06. The maximum atomic E-state index is 13.7. The Balaban J connectivity index is 1.38. The predicted molar refractivity (Wildman–Crippen MR) is 176 cm³/mol. The topological polar surface area (TPSA) is 76.6 Å². The molecule has 1 N–H and O–H groups in total. The SMILES string of the molecule is C=CCN1C[C@@H](C)N(C(c2cccc(O)c2)c2cccc(C(=O)N3CCN(CCCCCCC(=O)OCC)CC3)c2)C[C@H]1C. The molecule has 0 radical (unpaired) electrons. The first-order valence-corrected chi connectivity index (χ1v) is 16.5. The number of piperazine rings is 2. The molecule has 8 nitrogen and oxygen atoms in total. The van der Waals surface area contributed by atoms with E-state index in [1.54, 1.807) is 6.07 Å². The number of esters is 1. The fourth-order valence-corrected chi connectivity index (χ4v) is 6.67. The molecule has 2 aromatic rings. The average molecular weight is 605 g/mol. The van der Waals surface area contributed by atoms with Crippen molar-refractivity contribution >= 4 is 11.9 Å². The largest absolute Gasteiger partial charge is 0.508 e. The van der Waals surface area contributed by atoms with Crippen LogP contribution in [0, 0.1) is 0 Å². The van der Waals surface area contributed by atoms with Gasteiger partial charge in [-0.3, -0.25) is 24.3 Å². The van der Waals surface area contributed by atoms with Crippen molar-refractivity contribution in [1.82, 2.24) is 19.6 Å². The minimum Gasteiger partial charge on any atom is -0.508 e. The first kappa shape index (κ1) is 33.7. The van der Waals surface area contributed by atoms with Crippen molar-refractivity contribution in [3.8, 4) is 5.75 Å². The van der Waals surface area contributed by atoms with Gasteiger partial charge in [-0.1, -0.05) is 43.2 Å². The number of carbonyl (C=O) groups is 2. The third-order valence-corrected chi connectivity index (χ3v) is 9.06. The van der Waals surface area contributed by atoms with Crippen molar-refractivity contribution < 1.29 is 19.4 Å². The van der Waals surface area contributed by atoms with Crippen LogP contribution in [-0.2, 0) is 9.53 Å². The highest BCUT2D eigenvalue weighted by atomic mass is 16.5.